The molecular weight excluding hydrogens is 224 g/mol. The maximum atomic E-state index is 5.54. The Morgan fingerprint density at radius 1 is 1.06 bits per heavy atom. The summed E-state index contributed by atoms with van der Waals surface area (Å²) in [5.41, 5.74) is 8.48. The van der Waals surface area contributed by atoms with E-state index in [4.69, 9.17) is 5.73 Å². The van der Waals surface area contributed by atoms with Crippen molar-refractivity contribution in [2.75, 3.05) is 0 Å². The molecular formula is C14H14N4. The monoisotopic (exact) mass is 238 g/mol. The van der Waals surface area contributed by atoms with Crippen molar-refractivity contribution in [2.45, 2.75) is 13.1 Å². The largest absolute Gasteiger partial charge is 0.331 e. The zero-order valence-corrected chi connectivity index (χ0v) is 9.95. The fourth-order valence-electron chi connectivity index (χ4n) is 1.98. The summed E-state index contributed by atoms with van der Waals surface area (Å²) in [6.45, 7) is 1.19. The van der Waals surface area contributed by atoms with Gasteiger partial charge in [0.2, 0.25) is 0 Å². The number of hydrogen-bond donors (Lipinski definition) is 1. The average Bonchev–Trinajstić information content (AvgIpc) is 2.86. The van der Waals surface area contributed by atoms with Crippen LogP contribution in [0.25, 0.3) is 10.9 Å². The van der Waals surface area contributed by atoms with Crippen molar-refractivity contribution in [2.24, 2.45) is 5.73 Å². The molecule has 0 spiro atoms. The molecule has 0 fully saturated rings. The number of para-hydroxylation sites is 1. The van der Waals surface area contributed by atoms with Crippen LogP contribution in [-0.4, -0.2) is 14.5 Å². The third-order valence-electron chi connectivity index (χ3n) is 2.90. The number of benzene rings is 1. The molecule has 4 nitrogen and oxygen atoms in total. The molecule has 0 atom stereocenters. The Bertz CT molecular complexity index is 672. The highest BCUT2D eigenvalue weighted by molar-refractivity contribution is 5.78. The van der Waals surface area contributed by atoms with Crippen LogP contribution in [-0.2, 0) is 13.1 Å². The highest BCUT2D eigenvalue weighted by Gasteiger charge is 2.01. The summed E-state index contributed by atoms with van der Waals surface area (Å²) in [4.78, 5) is 8.83. The Balaban J connectivity index is 1.90. The molecule has 2 aromatic heterocycles. The van der Waals surface area contributed by atoms with Crippen LogP contribution >= 0.6 is 0 Å². The maximum Gasteiger partial charge on any atom is 0.0953 e. The fourth-order valence-corrected chi connectivity index (χ4v) is 1.98. The van der Waals surface area contributed by atoms with Crippen LogP contribution in [0.5, 0.6) is 0 Å². The Kier molecular flexibility index (Phi) is 2.78. The van der Waals surface area contributed by atoms with E-state index in [2.05, 4.69) is 22.1 Å². The van der Waals surface area contributed by atoms with Gasteiger partial charge in [-0.15, -0.1) is 0 Å². The van der Waals surface area contributed by atoms with Crippen LogP contribution in [0.3, 0.4) is 0 Å². The Morgan fingerprint density at radius 2 is 1.94 bits per heavy atom. The lowest BCUT2D eigenvalue weighted by Gasteiger charge is -2.03. The number of hydrogen-bond acceptors (Lipinski definition) is 3. The summed E-state index contributed by atoms with van der Waals surface area (Å²) in [7, 11) is 0. The lowest BCUT2D eigenvalue weighted by Crippen LogP contribution is -2.00. The zero-order chi connectivity index (χ0) is 12.4. The van der Waals surface area contributed by atoms with Gasteiger partial charge in [0.15, 0.2) is 0 Å². The molecule has 4 heteroatoms. The van der Waals surface area contributed by atoms with Gasteiger partial charge in [0, 0.05) is 18.1 Å². The molecule has 0 saturated heterocycles. The molecule has 3 aromatic rings. The van der Waals surface area contributed by atoms with Gasteiger partial charge in [0.05, 0.1) is 29.8 Å². The molecule has 0 aliphatic rings. The predicted molar refractivity (Wildman–Crippen MR) is 71.0 cm³/mol. The molecule has 0 aliphatic heterocycles. The number of fused-ring (bicyclic) bond motifs is 1. The number of aromatic nitrogens is 3. The number of nitrogens with zero attached hydrogens (tertiary/aromatic N) is 3. The van der Waals surface area contributed by atoms with E-state index < -0.39 is 0 Å². The minimum atomic E-state index is 0.470. The highest BCUT2D eigenvalue weighted by Crippen LogP contribution is 2.12. The van der Waals surface area contributed by atoms with Crippen LogP contribution in [0.4, 0.5) is 0 Å². The summed E-state index contributed by atoms with van der Waals surface area (Å²) in [5.74, 6) is 0. The van der Waals surface area contributed by atoms with E-state index >= 15 is 0 Å². The summed E-state index contributed by atoms with van der Waals surface area (Å²) >= 11 is 0. The van der Waals surface area contributed by atoms with Crippen molar-refractivity contribution >= 4 is 10.9 Å². The van der Waals surface area contributed by atoms with Gasteiger partial charge in [-0.3, -0.25) is 4.98 Å². The second kappa shape index (κ2) is 4.58. The maximum absolute atomic E-state index is 5.54. The van der Waals surface area contributed by atoms with Crippen LogP contribution < -0.4 is 5.73 Å². The van der Waals surface area contributed by atoms with E-state index in [-0.39, 0.29) is 0 Å². The van der Waals surface area contributed by atoms with Gasteiger partial charge >= 0.3 is 0 Å². The molecule has 90 valence electrons. The van der Waals surface area contributed by atoms with Crippen molar-refractivity contribution < 1.29 is 0 Å². The summed E-state index contributed by atoms with van der Waals surface area (Å²) in [6, 6.07) is 12.3. The van der Waals surface area contributed by atoms with E-state index in [0.717, 1.165) is 28.8 Å². The number of nitrogens with two attached hydrogens (primary N) is 1. The molecule has 18 heavy (non-hydrogen) atoms. The van der Waals surface area contributed by atoms with E-state index in [0.29, 0.717) is 6.54 Å². The van der Waals surface area contributed by atoms with Crippen LogP contribution in [0.2, 0.25) is 0 Å². The first-order valence-electron chi connectivity index (χ1n) is 5.90. The normalized spacial score (nSPS) is 10.9. The molecule has 2 heterocycles. The second-order valence-electron chi connectivity index (χ2n) is 4.24. The highest BCUT2D eigenvalue weighted by atomic mass is 15.0. The third kappa shape index (κ3) is 2.10. The van der Waals surface area contributed by atoms with Crippen molar-refractivity contribution in [3.63, 3.8) is 0 Å². The Morgan fingerprint density at radius 3 is 2.78 bits per heavy atom. The van der Waals surface area contributed by atoms with Crippen LogP contribution in [0.15, 0.2) is 48.9 Å². The van der Waals surface area contributed by atoms with Gasteiger partial charge in [-0.25, -0.2) is 4.98 Å². The first-order valence-corrected chi connectivity index (χ1v) is 5.90. The first-order chi connectivity index (χ1) is 8.85. The van der Waals surface area contributed by atoms with Crippen molar-refractivity contribution in [3.05, 3.63) is 60.3 Å². The smallest absolute Gasteiger partial charge is 0.0953 e. The molecule has 0 saturated carbocycles. The van der Waals surface area contributed by atoms with Crippen LogP contribution in [0.1, 0.15) is 11.4 Å². The molecule has 0 unspecified atom stereocenters. The standard InChI is InChI=1S/C14H14N4/c15-7-13-9-18(10-16-13)8-12-6-5-11-3-1-2-4-14(11)17-12/h1-6,9-10H,7-8,15H2. The number of pyridine rings is 1. The van der Waals surface area contributed by atoms with E-state index in [9.17, 15) is 0 Å². The molecule has 2 N–H and O–H groups in total. The molecule has 0 aliphatic carbocycles. The van der Waals surface area contributed by atoms with Gasteiger partial charge < -0.3 is 10.3 Å². The van der Waals surface area contributed by atoms with Crippen LogP contribution in [0, 0.1) is 0 Å². The zero-order valence-electron chi connectivity index (χ0n) is 9.95. The fraction of sp³-hybridized carbons (Fsp3) is 0.143. The second-order valence-corrected chi connectivity index (χ2v) is 4.24. The topological polar surface area (TPSA) is 56.7 Å². The Labute approximate surface area is 105 Å². The Hall–Kier alpha value is -2.20. The minimum Gasteiger partial charge on any atom is -0.331 e. The molecule has 0 radical (unpaired) electrons. The summed E-state index contributed by atoms with van der Waals surface area (Å²) < 4.78 is 2.00. The number of imidazole rings is 1. The van der Waals surface area contributed by atoms with E-state index in [1.54, 1.807) is 6.33 Å². The van der Waals surface area contributed by atoms with Gasteiger partial charge in [-0.2, -0.15) is 0 Å². The minimum absolute atomic E-state index is 0.470. The first kappa shape index (κ1) is 10.9. The van der Waals surface area contributed by atoms with Crippen molar-refractivity contribution in [1.29, 1.82) is 0 Å². The van der Waals surface area contributed by atoms with Gasteiger partial charge in [-0.05, 0) is 12.1 Å². The van der Waals surface area contributed by atoms with E-state index in [1.165, 1.54) is 0 Å². The number of rotatable bonds is 3. The molecule has 0 amide bonds. The van der Waals surface area contributed by atoms with Crippen molar-refractivity contribution in [3.8, 4) is 0 Å². The van der Waals surface area contributed by atoms with Gasteiger partial charge in [0.25, 0.3) is 0 Å². The lowest BCUT2D eigenvalue weighted by molar-refractivity contribution is 0.776. The SMILES string of the molecule is NCc1cn(Cc2ccc3ccccc3n2)cn1. The van der Waals surface area contributed by atoms with Gasteiger partial charge in [-0.1, -0.05) is 24.3 Å². The average molecular weight is 238 g/mol. The summed E-state index contributed by atoms with van der Waals surface area (Å²) in [5, 5.41) is 1.16. The van der Waals surface area contributed by atoms with Gasteiger partial charge in [0.1, 0.15) is 0 Å². The third-order valence-corrected chi connectivity index (χ3v) is 2.90. The molecule has 0 bridgehead atoms. The van der Waals surface area contributed by atoms with Crippen molar-refractivity contribution in [1.82, 2.24) is 14.5 Å². The summed E-state index contributed by atoms with van der Waals surface area (Å²) in [6.07, 6.45) is 3.75. The molecule has 1 aromatic carbocycles. The molecule has 3 rings (SSSR count). The van der Waals surface area contributed by atoms with E-state index in [1.807, 2.05) is 35.0 Å². The lowest BCUT2D eigenvalue weighted by atomic mass is 10.2. The predicted octanol–water partition coefficient (Wildman–Crippen LogP) is 1.94. The quantitative estimate of drug-likeness (QED) is 0.758.